The third-order valence-electron chi connectivity index (χ3n) is 5.40. The average molecular weight is 241 g/mol. The minimum atomic E-state index is 0.576. The highest BCUT2D eigenvalue weighted by molar-refractivity contribution is 5.08. The van der Waals surface area contributed by atoms with Gasteiger partial charge in [-0.25, -0.2) is 0 Å². The number of hydrazine groups is 2. The highest BCUT2D eigenvalue weighted by atomic mass is 15.6. The summed E-state index contributed by atoms with van der Waals surface area (Å²) in [5.74, 6) is 12.7. The Labute approximate surface area is 105 Å². The zero-order valence-electron chi connectivity index (χ0n) is 11.7. The monoisotopic (exact) mass is 241 g/mol. The molecule has 0 aromatic rings. The van der Waals surface area contributed by atoms with Crippen LogP contribution in [-0.4, -0.2) is 42.3 Å². The second-order valence-electron chi connectivity index (χ2n) is 6.72. The fourth-order valence-corrected chi connectivity index (χ4v) is 4.44. The number of piperidine rings is 1. The van der Waals surface area contributed by atoms with Gasteiger partial charge in [-0.15, -0.1) is 0 Å². The van der Waals surface area contributed by atoms with Crippen LogP contribution in [0.5, 0.6) is 0 Å². The van der Waals surface area contributed by atoms with Gasteiger partial charge in [-0.2, -0.15) is 5.12 Å². The molecule has 0 aromatic heterocycles. The first-order valence-electron chi connectivity index (χ1n) is 7.00. The quantitative estimate of drug-likeness (QED) is 0.440. The minimum absolute atomic E-state index is 0.576. The molecule has 2 fully saturated rings. The second kappa shape index (κ2) is 4.50. The lowest BCUT2D eigenvalue weighted by molar-refractivity contribution is -0.937. The van der Waals surface area contributed by atoms with Crippen molar-refractivity contribution in [3.63, 3.8) is 0 Å². The third kappa shape index (κ3) is 2.24. The van der Waals surface area contributed by atoms with E-state index in [-0.39, 0.29) is 0 Å². The van der Waals surface area contributed by atoms with Crippen molar-refractivity contribution in [2.45, 2.75) is 44.6 Å². The maximum atomic E-state index is 5.48. The maximum absolute atomic E-state index is 5.48. The van der Waals surface area contributed by atoms with Gasteiger partial charge in [0.1, 0.15) is 5.54 Å². The van der Waals surface area contributed by atoms with Crippen LogP contribution in [0, 0.1) is 11.8 Å². The van der Waals surface area contributed by atoms with Crippen molar-refractivity contribution < 1.29 is 4.48 Å². The Morgan fingerprint density at radius 2 is 2.00 bits per heavy atom. The van der Waals surface area contributed by atoms with E-state index in [0.717, 1.165) is 24.8 Å². The molecule has 0 bridgehead atoms. The fraction of sp³-hybridized carbons (Fsp3) is 1.00. The summed E-state index contributed by atoms with van der Waals surface area (Å²) in [6.45, 7) is 4.59. The van der Waals surface area contributed by atoms with Crippen molar-refractivity contribution in [1.82, 2.24) is 5.12 Å². The molecule has 100 valence electrons. The van der Waals surface area contributed by atoms with Gasteiger partial charge in [0.2, 0.25) is 0 Å². The van der Waals surface area contributed by atoms with Gasteiger partial charge in [0.05, 0.1) is 20.6 Å². The Hall–Kier alpha value is -0.160. The maximum Gasteiger partial charge on any atom is 0.105 e. The lowest BCUT2D eigenvalue weighted by Gasteiger charge is -2.48. The Morgan fingerprint density at radius 1 is 1.35 bits per heavy atom. The Morgan fingerprint density at radius 3 is 2.53 bits per heavy atom. The van der Waals surface area contributed by atoms with Crippen LogP contribution < -0.4 is 11.7 Å². The number of likely N-dealkylation sites (tertiary alicyclic amines) is 1. The molecule has 4 nitrogen and oxygen atoms in total. The Kier molecular flexibility index (Phi) is 3.51. The van der Waals surface area contributed by atoms with Crippen molar-refractivity contribution in [3.8, 4) is 0 Å². The SMILES string of the molecule is CC1CC12C(CCCN(N)N)CCC[N+]2(C)C. The number of hydrogen-bond donors (Lipinski definition) is 2. The van der Waals surface area contributed by atoms with Crippen LogP contribution >= 0.6 is 0 Å². The van der Waals surface area contributed by atoms with E-state index in [2.05, 4.69) is 21.0 Å². The molecule has 3 unspecified atom stereocenters. The first-order valence-corrected chi connectivity index (χ1v) is 7.00. The fourth-order valence-electron chi connectivity index (χ4n) is 4.44. The van der Waals surface area contributed by atoms with E-state index in [0.29, 0.717) is 5.54 Å². The summed E-state index contributed by atoms with van der Waals surface area (Å²) in [4.78, 5) is 0. The number of nitrogens with two attached hydrogens (primary N) is 2. The van der Waals surface area contributed by atoms with Gasteiger partial charge in [0.15, 0.2) is 0 Å². The molecule has 1 aliphatic carbocycles. The summed E-state index contributed by atoms with van der Waals surface area (Å²) in [6, 6.07) is 0. The van der Waals surface area contributed by atoms with Crippen LogP contribution in [0.15, 0.2) is 0 Å². The van der Waals surface area contributed by atoms with E-state index in [9.17, 15) is 0 Å². The van der Waals surface area contributed by atoms with E-state index in [1.54, 1.807) is 0 Å². The molecule has 17 heavy (non-hydrogen) atoms. The highest BCUT2D eigenvalue weighted by Gasteiger charge is 2.67. The smallest absolute Gasteiger partial charge is 0.105 e. The van der Waals surface area contributed by atoms with Gasteiger partial charge < -0.3 is 4.48 Å². The van der Waals surface area contributed by atoms with Gasteiger partial charge >= 0.3 is 0 Å². The lowest BCUT2D eigenvalue weighted by atomic mass is 9.80. The molecule has 0 radical (unpaired) electrons. The van der Waals surface area contributed by atoms with Gasteiger partial charge in [0.25, 0.3) is 0 Å². The van der Waals surface area contributed by atoms with Crippen LogP contribution in [0.3, 0.4) is 0 Å². The number of nitrogens with zero attached hydrogens (tertiary/aromatic N) is 2. The van der Waals surface area contributed by atoms with E-state index >= 15 is 0 Å². The lowest BCUT2D eigenvalue weighted by Crippen LogP contribution is -2.59. The van der Waals surface area contributed by atoms with Crippen LogP contribution in [0.25, 0.3) is 0 Å². The van der Waals surface area contributed by atoms with Crippen LogP contribution in [-0.2, 0) is 0 Å². The minimum Gasteiger partial charge on any atom is -0.323 e. The predicted octanol–water partition coefficient (Wildman–Crippen LogP) is 1.08. The molecule has 2 rings (SSSR count). The van der Waals surface area contributed by atoms with Crippen LogP contribution in [0.2, 0.25) is 0 Å². The summed E-state index contributed by atoms with van der Waals surface area (Å²) in [7, 11) is 4.85. The summed E-state index contributed by atoms with van der Waals surface area (Å²) >= 11 is 0. The van der Waals surface area contributed by atoms with Crippen molar-refractivity contribution in [2.24, 2.45) is 23.5 Å². The van der Waals surface area contributed by atoms with E-state index in [4.69, 9.17) is 11.7 Å². The Bertz CT molecular complexity index is 277. The normalized spacial score (nSPS) is 39.9. The molecule has 2 aliphatic rings. The van der Waals surface area contributed by atoms with Crippen molar-refractivity contribution >= 4 is 0 Å². The summed E-state index contributed by atoms with van der Waals surface area (Å²) in [5.41, 5.74) is 0.576. The molecule has 4 heteroatoms. The van der Waals surface area contributed by atoms with Crippen LogP contribution in [0.1, 0.15) is 39.0 Å². The largest absolute Gasteiger partial charge is 0.323 e. The van der Waals surface area contributed by atoms with Gasteiger partial charge in [-0.3, -0.25) is 11.7 Å². The molecule has 1 heterocycles. The summed E-state index contributed by atoms with van der Waals surface area (Å²) in [5, 5.41) is 1.33. The van der Waals surface area contributed by atoms with E-state index in [1.807, 2.05) is 0 Å². The number of rotatable bonds is 4. The zero-order chi connectivity index (χ0) is 12.7. The zero-order valence-corrected chi connectivity index (χ0v) is 11.7. The molecular weight excluding hydrogens is 212 g/mol. The van der Waals surface area contributed by atoms with Crippen molar-refractivity contribution in [1.29, 1.82) is 0 Å². The van der Waals surface area contributed by atoms with Gasteiger partial charge in [-0.1, -0.05) is 6.92 Å². The average Bonchev–Trinajstić information content (AvgIpc) is 2.87. The first-order chi connectivity index (χ1) is 7.90. The third-order valence-corrected chi connectivity index (χ3v) is 5.40. The first kappa shape index (κ1) is 13.3. The molecule has 0 amide bonds. The molecule has 1 aliphatic heterocycles. The molecule has 1 saturated heterocycles. The van der Waals surface area contributed by atoms with E-state index < -0.39 is 0 Å². The van der Waals surface area contributed by atoms with Crippen molar-refractivity contribution in [3.05, 3.63) is 0 Å². The molecule has 1 spiro atoms. The topological polar surface area (TPSA) is 55.3 Å². The number of quaternary nitrogens is 1. The van der Waals surface area contributed by atoms with Crippen LogP contribution in [0.4, 0.5) is 0 Å². The highest BCUT2D eigenvalue weighted by Crippen LogP contribution is 2.60. The summed E-state index contributed by atoms with van der Waals surface area (Å²) < 4.78 is 1.23. The van der Waals surface area contributed by atoms with Gasteiger partial charge in [0, 0.05) is 24.8 Å². The van der Waals surface area contributed by atoms with Crippen molar-refractivity contribution in [2.75, 3.05) is 27.2 Å². The predicted molar refractivity (Wildman–Crippen MR) is 70.5 cm³/mol. The molecule has 4 N–H and O–H groups in total. The second-order valence-corrected chi connectivity index (χ2v) is 6.72. The molecule has 0 aromatic carbocycles. The molecular formula is C13H29N4+. The Balaban J connectivity index is 1.97. The van der Waals surface area contributed by atoms with E-state index in [1.165, 1.54) is 41.8 Å². The molecule has 3 atom stereocenters. The molecule has 1 saturated carbocycles. The summed E-state index contributed by atoms with van der Waals surface area (Å²) in [6.07, 6.45) is 6.62. The number of hydrogen-bond acceptors (Lipinski definition) is 3. The van der Waals surface area contributed by atoms with Gasteiger partial charge in [-0.05, 0) is 25.7 Å². The standard InChI is InChI=1S/C13H29N4/c1-11-10-13(11)12(6-4-8-16(14)15)7-5-9-17(13,2)3/h11-12H,4-10,14-15H2,1-3H3/q+1.